The Labute approximate surface area is 123 Å². The van der Waals surface area contributed by atoms with Gasteiger partial charge in [0.2, 0.25) is 5.75 Å². The van der Waals surface area contributed by atoms with Gasteiger partial charge in [-0.15, -0.1) is 0 Å². The van der Waals surface area contributed by atoms with Crippen LogP contribution >= 0.6 is 15.9 Å². The normalized spacial score (nSPS) is 11.6. The molecule has 0 amide bonds. The van der Waals surface area contributed by atoms with Crippen LogP contribution in [0.5, 0.6) is 17.2 Å². The fourth-order valence-electron chi connectivity index (χ4n) is 1.78. The molecule has 104 valence electrons. The summed E-state index contributed by atoms with van der Waals surface area (Å²) < 4.78 is 0.925. The zero-order chi connectivity index (χ0) is 14.7. The first-order valence-corrected chi connectivity index (χ1v) is 6.52. The molecule has 2 aromatic rings. The Bertz CT molecular complexity index is 653. The van der Waals surface area contributed by atoms with Gasteiger partial charge in [0.05, 0.1) is 5.71 Å². The van der Waals surface area contributed by atoms with E-state index >= 15 is 0 Å². The third-order valence-electron chi connectivity index (χ3n) is 2.85. The summed E-state index contributed by atoms with van der Waals surface area (Å²) in [5.41, 5.74) is 1.21. The second kappa shape index (κ2) is 5.83. The summed E-state index contributed by atoms with van der Waals surface area (Å²) in [5, 5.41) is 40.8. The molecule has 0 radical (unpaired) electrons. The van der Waals surface area contributed by atoms with Crippen LogP contribution in [0.1, 0.15) is 11.1 Å². The molecule has 0 saturated heterocycles. The Morgan fingerprint density at radius 3 is 2.20 bits per heavy atom. The van der Waals surface area contributed by atoms with Crippen LogP contribution in [-0.4, -0.2) is 26.2 Å². The lowest BCUT2D eigenvalue weighted by atomic mass is 10.0. The van der Waals surface area contributed by atoms with Crippen LogP contribution in [-0.2, 0) is 6.42 Å². The van der Waals surface area contributed by atoms with Gasteiger partial charge in [0.25, 0.3) is 0 Å². The van der Waals surface area contributed by atoms with Gasteiger partial charge >= 0.3 is 0 Å². The molecule has 0 atom stereocenters. The lowest BCUT2D eigenvalue weighted by Gasteiger charge is -2.09. The first-order chi connectivity index (χ1) is 9.52. The van der Waals surface area contributed by atoms with Crippen molar-refractivity contribution >= 4 is 21.6 Å². The quantitative estimate of drug-likeness (QED) is 0.300. The van der Waals surface area contributed by atoms with Crippen LogP contribution in [0, 0.1) is 0 Å². The van der Waals surface area contributed by atoms with E-state index in [1.807, 2.05) is 24.3 Å². The van der Waals surface area contributed by atoms with Gasteiger partial charge in [-0.25, -0.2) is 0 Å². The molecule has 20 heavy (non-hydrogen) atoms. The average Bonchev–Trinajstić information content (AvgIpc) is 2.45. The average molecular weight is 338 g/mol. The zero-order valence-electron chi connectivity index (χ0n) is 10.3. The fourth-order valence-corrected chi connectivity index (χ4v) is 2.05. The number of hydrogen-bond donors (Lipinski definition) is 4. The molecule has 0 aromatic heterocycles. The minimum absolute atomic E-state index is 0.158. The Hall–Kier alpha value is -2.21. The van der Waals surface area contributed by atoms with Crippen molar-refractivity contribution < 1.29 is 20.5 Å². The fraction of sp³-hybridized carbons (Fsp3) is 0.0714. The number of benzene rings is 2. The zero-order valence-corrected chi connectivity index (χ0v) is 11.9. The number of phenols is 3. The lowest BCUT2D eigenvalue weighted by Crippen LogP contribution is -2.06. The highest BCUT2D eigenvalue weighted by Gasteiger charge is 2.16. The minimum atomic E-state index is -0.639. The number of nitrogens with zero attached hydrogens (tertiary/aromatic N) is 1. The van der Waals surface area contributed by atoms with Gasteiger partial charge in [-0.05, 0) is 29.8 Å². The van der Waals surface area contributed by atoms with Gasteiger partial charge in [0.15, 0.2) is 11.5 Å². The molecule has 0 fully saturated rings. The molecule has 0 heterocycles. The summed E-state index contributed by atoms with van der Waals surface area (Å²) in [6.07, 6.45) is 0.265. The minimum Gasteiger partial charge on any atom is -0.504 e. The maximum atomic E-state index is 9.79. The SMILES string of the molecule is O/N=C(\Cc1ccc(Br)cc1)c1ccc(O)c(O)c1O. The second-order valence-corrected chi connectivity index (χ2v) is 5.10. The maximum absolute atomic E-state index is 9.79. The summed E-state index contributed by atoms with van der Waals surface area (Å²) in [7, 11) is 0. The molecule has 2 aromatic carbocycles. The number of rotatable bonds is 3. The van der Waals surface area contributed by atoms with E-state index < -0.39 is 17.2 Å². The number of hydrogen-bond acceptors (Lipinski definition) is 5. The van der Waals surface area contributed by atoms with Crippen LogP contribution in [0.3, 0.4) is 0 Å². The highest BCUT2D eigenvalue weighted by molar-refractivity contribution is 9.10. The Balaban J connectivity index is 2.34. The molecule has 0 aliphatic heterocycles. The lowest BCUT2D eigenvalue weighted by molar-refractivity contribution is 0.317. The van der Waals surface area contributed by atoms with E-state index in [1.54, 1.807) is 0 Å². The van der Waals surface area contributed by atoms with Crippen LogP contribution in [0.25, 0.3) is 0 Å². The van der Waals surface area contributed by atoms with Gasteiger partial charge < -0.3 is 20.5 Å². The Kier molecular flexibility index (Phi) is 4.14. The topological polar surface area (TPSA) is 93.3 Å². The molecular formula is C14H12BrNO4. The number of oxime groups is 1. The van der Waals surface area contributed by atoms with Gasteiger partial charge in [-0.1, -0.05) is 33.2 Å². The van der Waals surface area contributed by atoms with E-state index in [9.17, 15) is 15.3 Å². The molecule has 0 bridgehead atoms. The van der Waals surface area contributed by atoms with E-state index in [1.165, 1.54) is 12.1 Å². The smallest absolute Gasteiger partial charge is 0.200 e. The molecule has 0 aliphatic rings. The van der Waals surface area contributed by atoms with Crippen molar-refractivity contribution in [2.45, 2.75) is 6.42 Å². The van der Waals surface area contributed by atoms with Crippen molar-refractivity contribution in [3.63, 3.8) is 0 Å². The molecule has 5 nitrogen and oxygen atoms in total. The maximum Gasteiger partial charge on any atom is 0.200 e. The first-order valence-electron chi connectivity index (χ1n) is 5.72. The van der Waals surface area contributed by atoms with Crippen molar-refractivity contribution in [1.82, 2.24) is 0 Å². The molecule has 0 saturated carbocycles. The number of aromatic hydroxyl groups is 3. The molecular weight excluding hydrogens is 326 g/mol. The van der Waals surface area contributed by atoms with Crippen LogP contribution in [0.15, 0.2) is 46.0 Å². The van der Waals surface area contributed by atoms with E-state index in [-0.39, 0.29) is 17.7 Å². The Morgan fingerprint density at radius 2 is 1.60 bits per heavy atom. The van der Waals surface area contributed by atoms with Crippen LogP contribution in [0.2, 0.25) is 0 Å². The van der Waals surface area contributed by atoms with Crippen molar-refractivity contribution in [2.24, 2.45) is 5.16 Å². The van der Waals surface area contributed by atoms with E-state index in [0.717, 1.165) is 10.0 Å². The van der Waals surface area contributed by atoms with Gasteiger partial charge in [-0.3, -0.25) is 0 Å². The van der Waals surface area contributed by atoms with Gasteiger partial charge in [0.1, 0.15) is 0 Å². The summed E-state index contributed by atoms with van der Waals surface area (Å²) in [6.45, 7) is 0. The highest BCUT2D eigenvalue weighted by Crippen LogP contribution is 2.37. The molecule has 0 unspecified atom stereocenters. The van der Waals surface area contributed by atoms with Gasteiger partial charge in [0, 0.05) is 16.5 Å². The number of phenolic OH excluding ortho intramolecular Hbond substituents is 3. The van der Waals surface area contributed by atoms with E-state index in [0.29, 0.717) is 0 Å². The van der Waals surface area contributed by atoms with Crippen molar-refractivity contribution in [3.05, 3.63) is 52.0 Å². The van der Waals surface area contributed by atoms with Crippen LogP contribution in [0.4, 0.5) is 0 Å². The molecule has 4 N–H and O–H groups in total. The molecule has 0 spiro atoms. The third-order valence-corrected chi connectivity index (χ3v) is 3.38. The second-order valence-electron chi connectivity index (χ2n) is 4.18. The summed E-state index contributed by atoms with van der Waals surface area (Å²) >= 11 is 3.32. The predicted octanol–water partition coefficient (Wildman–Crippen LogP) is 2.99. The Morgan fingerprint density at radius 1 is 0.950 bits per heavy atom. The first kappa shape index (κ1) is 14.2. The molecule has 2 rings (SSSR count). The molecule has 6 heteroatoms. The van der Waals surface area contributed by atoms with E-state index in [4.69, 9.17) is 5.21 Å². The van der Waals surface area contributed by atoms with Crippen molar-refractivity contribution in [2.75, 3.05) is 0 Å². The number of halogens is 1. The molecule has 0 aliphatic carbocycles. The third kappa shape index (κ3) is 2.85. The van der Waals surface area contributed by atoms with E-state index in [2.05, 4.69) is 21.1 Å². The van der Waals surface area contributed by atoms with Crippen LogP contribution < -0.4 is 0 Å². The monoisotopic (exact) mass is 337 g/mol. The standard InChI is InChI=1S/C14H12BrNO4/c15-9-3-1-8(2-4-9)7-11(16-20)10-5-6-12(17)14(19)13(10)18/h1-6,17-20H,7H2/b16-11+. The van der Waals surface area contributed by atoms with Crippen molar-refractivity contribution in [3.8, 4) is 17.2 Å². The highest BCUT2D eigenvalue weighted by atomic mass is 79.9. The summed E-state index contributed by atoms with van der Waals surface area (Å²) in [6, 6.07) is 9.96. The summed E-state index contributed by atoms with van der Waals surface area (Å²) in [4.78, 5) is 0. The largest absolute Gasteiger partial charge is 0.504 e. The van der Waals surface area contributed by atoms with Gasteiger partial charge in [-0.2, -0.15) is 0 Å². The van der Waals surface area contributed by atoms with Crippen molar-refractivity contribution in [1.29, 1.82) is 0 Å². The predicted molar refractivity (Wildman–Crippen MR) is 77.6 cm³/mol. The summed E-state index contributed by atoms with van der Waals surface area (Å²) in [5.74, 6) is -1.60.